The van der Waals surface area contributed by atoms with Crippen LogP contribution < -0.4 is 10.6 Å². The molecular weight excluding hydrogens is 210 g/mol. The summed E-state index contributed by atoms with van der Waals surface area (Å²) in [5.41, 5.74) is 5.80. The highest BCUT2D eigenvalue weighted by molar-refractivity contribution is 5.54. The molecule has 0 bridgehead atoms. The van der Waals surface area contributed by atoms with Crippen molar-refractivity contribution in [1.82, 2.24) is 9.55 Å². The van der Waals surface area contributed by atoms with Crippen LogP contribution >= 0.6 is 0 Å². The van der Waals surface area contributed by atoms with Gasteiger partial charge in [0.15, 0.2) is 0 Å². The average Bonchev–Trinajstić information content (AvgIpc) is 2.62. The summed E-state index contributed by atoms with van der Waals surface area (Å²) in [6, 6.07) is 0.212. The zero-order valence-corrected chi connectivity index (χ0v) is 9.17. The molecule has 7 heteroatoms. The van der Waals surface area contributed by atoms with Crippen LogP contribution in [0.5, 0.6) is 0 Å². The Morgan fingerprint density at radius 1 is 1.56 bits per heavy atom. The number of piperidine rings is 1. The number of hydrogen-bond acceptors (Lipinski definition) is 5. The van der Waals surface area contributed by atoms with Crippen molar-refractivity contribution in [2.24, 2.45) is 12.8 Å². The van der Waals surface area contributed by atoms with Gasteiger partial charge in [0, 0.05) is 26.2 Å². The third kappa shape index (κ3) is 1.85. The van der Waals surface area contributed by atoms with E-state index in [1.807, 2.05) is 4.90 Å². The summed E-state index contributed by atoms with van der Waals surface area (Å²) in [6.45, 7) is 1.50. The minimum absolute atomic E-state index is 0.0713. The zero-order chi connectivity index (χ0) is 11.7. The fourth-order valence-electron chi connectivity index (χ4n) is 2.02. The maximum Gasteiger partial charge on any atom is 0.406 e. The molecule has 0 aromatic carbocycles. The number of nitro groups is 1. The highest BCUT2D eigenvalue weighted by Gasteiger charge is 2.27. The number of nitrogens with two attached hydrogens (primary N) is 1. The van der Waals surface area contributed by atoms with Crippen molar-refractivity contribution in [3.63, 3.8) is 0 Å². The molecule has 88 valence electrons. The summed E-state index contributed by atoms with van der Waals surface area (Å²) in [5, 5.41) is 10.8. The molecule has 0 spiro atoms. The van der Waals surface area contributed by atoms with Crippen LogP contribution in [0.15, 0.2) is 6.33 Å². The Morgan fingerprint density at radius 3 is 2.75 bits per heavy atom. The molecule has 1 saturated heterocycles. The first-order valence-electron chi connectivity index (χ1n) is 5.26. The SMILES string of the molecule is Cn1cnc([N+](=O)[O-])c1N1CCC(N)CC1. The van der Waals surface area contributed by atoms with Crippen LogP contribution in [-0.2, 0) is 7.05 Å². The highest BCUT2D eigenvalue weighted by atomic mass is 16.6. The second-order valence-corrected chi connectivity index (χ2v) is 4.08. The lowest BCUT2D eigenvalue weighted by Gasteiger charge is -2.30. The molecule has 16 heavy (non-hydrogen) atoms. The van der Waals surface area contributed by atoms with Gasteiger partial charge in [-0.1, -0.05) is 0 Å². The van der Waals surface area contributed by atoms with Crippen LogP contribution in [0.2, 0.25) is 0 Å². The van der Waals surface area contributed by atoms with E-state index in [2.05, 4.69) is 4.98 Å². The number of nitrogens with zero attached hydrogens (tertiary/aromatic N) is 4. The van der Waals surface area contributed by atoms with Crippen LogP contribution in [0.4, 0.5) is 11.6 Å². The maximum absolute atomic E-state index is 10.8. The monoisotopic (exact) mass is 225 g/mol. The summed E-state index contributed by atoms with van der Waals surface area (Å²) in [4.78, 5) is 16.2. The third-order valence-electron chi connectivity index (χ3n) is 2.90. The first kappa shape index (κ1) is 10.9. The zero-order valence-electron chi connectivity index (χ0n) is 9.17. The highest BCUT2D eigenvalue weighted by Crippen LogP contribution is 2.27. The van der Waals surface area contributed by atoms with Crippen molar-refractivity contribution in [1.29, 1.82) is 0 Å². The van der Waals surface area contributed by atoms with Gasteiger partial charge in [-0.25, -0.2) is 0 Å². The van der Waals surface area contributed by atoms with Crippen molar-refractivity contribution < 1.29 is 4.92 Å². The lowest BCUT2D eigenvalue weighted by Crippen LogP contribution is -2.40. The quantitative estimate of drug-likeness (QED) is 0.575. The Morgan fingerprint density at radius 2 is 2.19 bits per heavy atom. The molecule has 2 heterocycles. The number of anilines is 1. The van der Waals surface area contributed by atoms with Crippen molar-refractivity contribution in [3.8, 4) is 0 Å². The predicted molar refractivity (Wildman–Crippen MR) is 59.3 cm³/mol. The molecular formula is C9H15N5O2. The van der Waals surface area contributed by atoms with E-state index in [1.54, 1.807) is 11.6 Å². The Labute approximate surface area is 93.0 Å². The van der Waals surface area contributed by atoms with Crippen LogP contribution in [-0.4, -0.2) is 33.6 Å². The normalized spacial score (nSPS) is 17.8. The molecule has 1 aromatic heterocycles. The molecule has 0 unspecified atom stereocenters. The molecule has 1 fully saturated rings. The number of imidazole rings is 1. The van der Waals surface area contributed by atoms with E-state index >= 15 is 0 Å². The van der Waals surface area contributed by atoms with E-state index in [-0.39, 0.29) is 11.9 Å². The number of rotatable bonds is 2. The fourth-order valence-corrected chi connectivity index (χ4v) is 2.02. The van der Waals surface area contributed by atoms with Gasteiger partial charge < -0.3 is 20.7 Å². The molecule has 0 amide bonds. The smallest absolute Gasteiger partial charge is 0.358 e. The molecule has 0 atom stereocenters. The number of aromatic nitrogens is 2. The van der Waals surface area contributed by atoms with Gasteiger partial charge in [-0.2, -0.15) is 0 Å². The second kappa shape index (κ2) is 4.09. The van der Waals surface area contributed by atoms with E-state index in [0.29, 0.717) is 5.82 Å². The van der Waals surface area contributed by atoms with Gasteiger partial charge in [-0.3, -0.25) is 4.57 Å². The van der Waals surface area contributed by atoms with E-state index < -0.39 is 4.92 Å². The van der Waals surface area contributed by atoms with Crippen molar-refractivity contribution in [2.75, 3.05) is 18.0 Å². The largest absolute Gasteiger partial charge is 0.406 e. The minimum Gasteiger partial charge on any atom is -0.358 e. The van der Waals surface area contributed by atoms with Gasteiger partial charge in [0.05, 0.1) is 0 Å². The lowest BCUT2D eigenvalue weighted by atomic mass is 10.1. The van der Waals surface area contributed by atoms with E-state index in [1.165, 1.54) is 6.33 Å². The van der Waals surface area contributed by atoms with Crippen molar-refractivity contribution in [3.05, 3.63) is 16.4 Å². The van der Waals surface area contributed by atoms with Crippen molar-refractivity contribution >= 4 is 11.6 Å². The summed E-state index contributed by atoms with van der Waals surface area (Å²) in [7, 11) is 1.77. The van der Waals surface area contributed by atoms with Crippen molar-refractivity contribution in [2.45, 2.75) is 18.9 Å². The van der Waals surface area contributed by atoms with Gasteiger partial charge >= 0.3 is 5.82 Å². The Kier molecular flexibility index (Phi) is 2.78. The average molecular weight is 225 g/mol. The topological polar surface area (TPSA) is 90.2 Å². The summed E-state index contributed by atoms with van der Waals surface area (Å²) < 4.78 is 1.69. The molecule has 0 radical (unpaired) electrons. The predicted octanol–water partition coefficient (Wildman–Crippen LogP) is 0.256. The van der Waals surface area contributed by atoms with Gasteiger partial charge in [-0.15, -0.1) is 0 Å². The van der Waals surface area contributed by atoms with Crippen LogP contribution in [0, 0.1) is 10.1 Å². The molecule has 0 saturated carbocycles. The fraction of sp³-hybridized carbons (Fsp3) is 0.667. The van der Waals surface area contributed by atoms with E-state index in [4.69, 9.17) is 5.73 Å². The summed E-state index contributed by atoms with van der Waals surface area (Å²) >= 11 is 0. The van der Waals surface area contributed by atoms with Gasteiger partial charge in [-0.05, 0) is 22.7 Å². The minimum atomic E-state index is -0.441. The molecule has 1 aromatic rings. The van der Waals surface area contributed by atoms with Gasteiger partial charge in [0.1, 0.15) is 0 Å². The Balaban J connectivity index is 2.25. The Bertz CT molecular complexity index is 395. The number of aryl methyl sites for hydroxylation is 1. The lowest BCUT2D eigenvalue weighted by molar-refractivity contribution is -0.388. The van der Waals surface area contributed by atoms with E-state index in [0.717, 1.165) is 25.9 Å². The van der Waals surface area contributed by atoms with E-state index in [9.17, 15) is 10.1 Å². The van der Waals surface area contributed by atoms with Crippen LogP contribution in [0.3, 0.4) is 0 Å². The van der Waals surface area contributed by atoms with Crippen LogP contribution in [0.1, 0.15) is 12.8 Å². The molecule has 0 aliphatic carbocycles. The second-order valence-electron chi connectivity index (χ2n) is 4.08. The molecule has 2 rings (SSSR count). The summed E-state index contributed by atoms with van der Waals surface area (Å²) in [6.07, 6.45) is 3.20. The standard InChI is InChI=1S/C9H15N5O2/c1-12-6-11-8(14(15)16)9(12)13-4-2-7(10)3-5-13/h6-7H,2-5,10H2,1H3. The molecule has 1 aliphatic rings. The third-order valence-corrected chi connectivity index (χ3v) is 2.90. The number of hydrogen-bond donors (Lipinski definition) is 1. The summed E-state index contributed by atoms with van der Waals surface area (Å²) in [5.74, 6) is 0.509. The first-order chi connectivity index (χ1) is 7.59. The molecule has 2 N–H and O–H groups in total. The first-order valence-corrected chi connectivity index (χ1v) is 5.26. The maximum atomic E-state index is 10.8. The van der Waals surface area contributed by atoms with Gasteiger partial charge in [0.25, 0.3) is 0 Å². The Hall–Kier alpha value is -1.63. The van der Waals surface area contributed by atoms with Gasteiger partial charge in [0.2, 0.25) is 12.1 Å². The molecule has 7 nitrogen and oxygen atoms in total. The molecule has 1 aliphatic heterocycles. The van der Waals surface area contributed by atoms with Crippen LogP contribution in [0.25, 0.3) is 0 Å².